The van der Waals surface area contributed by atoms with Gasteiger partial charge in [-0.05, 0) is 42.0 Å². The molecule has 2 unspecified atom stereocenters. The molecule has 1 aliphatic heterocycles. The molecule has 1 amide bonds. The van der Waals surface area contributed by atoms with Crippen molar-refractivity contribution in [2.45, 2.75) is 32.3 Å². The van der Waals surface area contributed by atoms with E-state index in [4.69, 9.17) is 14.2 Å². The number of hydrogen-bond donors (Lipinski definition) is 0. The van der Waals surface area contributed by atoms with Crippen LogP contribution in [0.25, 0.3) is 0 Å². The fraction of sp³-hybridized carbons (Fsp3) is 0.462. The topological polar surface area (TPSA) is 65.1 Å². The number of hydrogen-bond acceptors (Lipinski definition) is 5. The van der Waals surface area contributed by atoms with Gasteiger partial charge in [-0.3, -0.25) is 4.79 Å². The molecule has 1 saturated heterocycles. The number of benzene rings is 2. The van der Waals surface area contributed by atoms with Gasteiger partial charge in [0.2, 0.25) is 5.91 Å². The van der Waals surface area contributed by atoms with Gasteiger partial charge >= 0.3 is 0 Å². The lowest BCUT2D eigenvalue weighted by atomic mass is 9.77. The van der Waals surface area contributed by atoms with E-state index in [1.54, 1.807) is 12.0 Å². The molecule has 2 fully saturated rings. The van der Waals surface area contributed by atoms with Crippen molar-refractivity contribution < 1.29 is 23.8 Å². The molecule has 170 valence electrons. The maximum Gasteiger partial charge on any atom is 0.248 e. The van der Waals surface area contributed by atoms with Gasteiger partial charge in [0, 0.05) is 24.4 Å². The summed E-state index contributed by atoms with van der Waals surface area (Å²) in [5.74, 6) is 1.78. The normalized spacial score (nSPS) is 22.6. The number of likely N-dealkylation sites (tertiary alicyclic amines) is 1. The monoisotopic (exact) mass is 437 g/mol. The molecule has 6 nitrogen and oxygen atoms in total. The third-order valence-electron chi connectivity index (χ3n) is 6.45. The Morgan fingerprint density at radius 2 is 1.94 bits per heavy atom. The van der Waals surface area contributed by atoms with Crippen molar-refractivity contribution in [1.82, 2.24) is 4.90 Å². The highest BCUT2D eigenvalue weighted by Gasteiger charge is 2.45. The molecule has 1 aliphatic carbocycles. The Bertz CT molecular complexity index is 942. The van der Waals surface area contributed by atoms with E-state index in [-0.39, 0.29) is 18.4 Å². The molecule has 32 heavy (non-hydrogen) atoms. The fourth-order valence-corrected chi connectivity index (χ4v) is 4.25. The van der Waals surface area contributed by atoms with E-state index in [2.05, 4.69) is 0 Å². The largest absolute Gasteiger partial charge is 0.493 e. The third kappa shape index (κ3) is 5.13. The first kappa shape index (κ1) is 22.3. The number of methoxy groups -OCH3 is 1. The van der Waals surface area contributed by atoms with E-state index in [1.807, 2.05) is 55.5 Å². The SMILES string of the molecule is COc1ccc(C2CN(C(=O)COCc3ccccc3)CC2(C)C=O)cc1OCC1CC1. The molecule has 0 N–H and O–H groups in total. The molecule has 1 saturated carbocycles. The standard InChI is InChI=1S/C26H31NO5/c1-26(18-28)17-27(25(29)16-31-14-19-6-4-3-5-7-19)13-22(26)21-10-11-23(30-2)24(12-21)32-15-20-8-9-20/h3-7,10-12,18,20,22H,8-9,13-17H2,1-2H3. The molecule has 2 aliphatic rings. The number of aldehydes is 1. The van der Waals surface area contributed by atoms with E-state index >= 15 is 0 Å². The Morgan fingerprint density at radius 1 is 1.16 bits per heavy atom. The van der Waals surface area contributed by atoms with Crippen LogP contribution in [0.15, 0.2) is 48.5 Å². The van der Waals surface area contributed by atoms with Gasteiger partial charge in [0.25, 0.3) is 0 Å². The summed E-state index contributed by atoms with van der Waals surface area (Å²) < 4.78 is 17.1. The summed E-state index contributed by atoms with van der Waals surface area (Å²) in [6, 6.07) is 15.6. The number of carbonyl (C=O) groups excluding carboxylic acids is 2. The van der Waals surface area contributed by atoms with Gasteiger partial charge in [-0.25, -0.2) is 0 Å². The van der Waals surface area contributed by atoms with Crippen LogP contribution in [0, 0.1) is 11.3 Å². The first-order chi connectivity index (χ1) is 15.5. The maximum atomic E-state index is 12.8. The van der Waals surface area contributed by atoms with Crippen molar-refractivity contribution in [1.29, 1.82) is 0 Å². The van der Waals surface area contributed by atoms with Crippen LogP contribution in [-0.4, -0.2) is 50.5 Å². The third-order valence-corrected chi connectivity index (χ3v) is 6.45. The summed E-state index contributed by atoms with van der Waals surface area (Å²) in [6.45, 7) is 3.82. The molecule has 0 radical (unpaired) electrons. The highest BCUT2D eigenvalue weighted by molar-refractivity contribution is 5.79. The molecular weight excluding hydrogens is 406 g/mol. The first-order valence-electron chi connectivity index (χ1n) is 11.2. The van der Waals surface area contributed by atoms with Crippen LogP contribution in [0.1, 0.15) is 36.8 Å². The predicted molar refractivity (Wildman–Crippen MR) is 121 cm³/mol. The molecule has 0 spiro atoms. The quantitative estimate of drug-likeness (QED) is 0.529. The highest BCUT2D eigenvalue weighted by atomic mass is 16.5. The van der Waals surface area contributed by atoms with Crippen molar-refractivity contribution in [2.75, 3.05) is 33.4 Å². The maximum absolute atomic E-state index is 12.8. The number of carbonyl (C=O) groups is 2. The summed E-state index contributed by atoms with van der Waals surface area (Å²) in [5, 5.41) is 0. The van der Waals surface area contributed by atoms with Crippen LogP contribution in [0.3, 0.4) is 0 Å². The van der Waals surface area contributed by atoms with E-state index in [0.29, 0.717) is 43.7 Å². The van der Waals surface area contributed by atoms with E-state index < -0.39 is 5.41 Å². The minimum atomic E-state index is -0.669. The number of amides is 1. The van der Waals surface area contributed by atoms with Gasteiger partial charge in [0.1, 0.15) is 12.9 Å². The summed E-state index contributed by atoms with van der Waals surface area (Å²) in [6.07, 6.45) is 3.39. The Labute approximate surface area is 189 Å². The van der Waals surface area contributed by atoms with Crippen molar-refractivity contribution in [3.8, 4) is 11.5 Å². The number of rotatable bonds is 10. The molecule has 2 atom stereocenters. The molecule has 6 heteroatoms. The zero-order chi connectivity index (χ0) is 22.6. The van der Waals surface area contributed by atoms with Gasteiger partial charge in [-0.2, -0.15) is 0 Å². The predicted octanol–water partition coefficient (Wildman–Crippen LogP) is 3.83. The summed E-state index contributed by atoms with van der Waals surface area (Å²) in [4.78, 5) is 26.6. The van der Waals surface area contributed by atoms with Gasteiger partial charge < -0.3 is 23.9 Å². The minimum absolute atomic E-state index is 0.00505. The first-order valence-corrected chi connectivity index (χ1v) is 11.2. The van der Waals surface area contributed by atoms with Crippen molar-refractivity contribution >= 4 is 12.2 Å². The molecular formula is C26H31NO5. The molecule has 0 aromatic heterocycles. The average Bonchev–Trinajstić information content (AvgIpc) is 3.58. The molecule has 1 heterocycles. The van der Waals surface area contributed by atoms with Gasteiger partial charge in [0.05, 0.1) is 20.3 Å². The summed E-state index contributed by atoms with van der Waals surface area (Å²) in [7, 11) is 1.62. The lowest BCUT2D eigenvalue weighted by molar-refractivity contribution is -0.136. The Morgan fingerprint density at radius 3 is 2.62 bits per heavy atom. The van der Waals surface area contributed by atoms with Crippen LogP contribution in [0.2, 0.25) is 0 Å². The Kier molecular flexibility index (Phi) is 6.80. The molecule has 2 aromatic carbocycles. The number of ether oxygens (including phenoxy) is 3. The minimum Gasteiger partial charge on any atom is -0.493 e. The molecule has 4 rings (SSSR count). The average molecular weight is 438 g/mol. The van der Waals surface area contributed by atoms with Crippen molar-refractivity contribution in [2.24, 2.45) is 11.3 Å². The van der Waals surface area contributed by atoms with Gasteiger partial charge in [-0.15, -0.1) is 0 Å². The van der Waals surface area contributed by atoms with Crippen molar-refractivity contribution in [3.05, 3.63) is 59.7 Å². The van der Waals surface area contributed by atoms with E-state index in [9.17, 15) is 9.59 Å². The second-order valence-electron chi connectivity index (χ2n) is 9.09. The fourth-order valence-electron chi connectivity index (χ4n) is 4.25. The smallest absolute Gasteiger partial charge is 0.248 e. The van der Waals surface area contributed by atoms with Crippen LogP contribution < -0.4 is 9.47 Å². The summed E-state index contributed by atoms with van der Waals surface area (Å²) >= 11 is 0. The zero-order valence-electron chi connectivity index (χ0n) is 18.8. The van der Waals surface area contributed by atoms with Crippen molar-refractivity contribution in [3.63, 3.8) is 0 Å². The lowest BCUT2D eigenvalue weighted by Crippen LogP contribution is -2.34. The lowest BCUT2D eigenvalue weighted by Gasteiger charge is -2.24. The van der Waals surface area contributed by atoms with Crippen LogP contribution in [0.5, 0.6) is 11.5 Å². The van der Waals surface area contributed by atoms with Gasteiger partial charge in [-0.1, -0.05) is 43.3 Å². The van der Waals surface area contributed by atoms with Crippen LogP contribution in [0.4, 0.5) is 0 Å². The van der Waals surface area contributed by atoms with E-state index in [1.165, 1.54) is 12.8 Å². The van der Waals surface area contributed by atoms with Gasteiger partial charge in [0.15, 0.2) is 11.5 Å². The Hall–Kier alpha value is -2.86. The molecule has 0 bridgehead atoms. The Balaban J connectivity index is 1.43. The van der Waals surface area contributed by atoms with Crippen LogP contribution >= 0.6 is 0 Å². The second kappa shape index (κ2) is 9.74. The van der Waals surface area contributed by atoms with Crippen LogP contribution in [-0.2, 0) is 20.9 Å². The van der Waals surface area contributed by atoms with E-state index in [0.717, 1.165) is 17.4 Å². The number of nitrogens with zero attached hydrogens (tertiary/aromatic N) is 1. The zero-order valence-corrected chi connectivity index (χ0v) is 18.8. The second-order valence-corrected chi connectivity index (χ2v) is 9.09. The summed E-state index contributed by atoms with van der Waals surface area (Å²) in [5.41, 5.74) is 1.33. The molecule has 2 aromatic rings. The highest BCUT2D eigenvalue weighted by Crippen LogP contribution is 2.44.